The van der Waals surface area contributed by atoms with Crippen molar-refractivity contribution in [2.45, 2.75) is 88.2 Å². The molecule has 1 spiro atoms. The molecule has 7 atom stereocenters. The van der Waals surface area contributed by atoms with Crippen molar-refractivity contribution in [1.29, 1.82) is 0 Å². The van der Waals surface area contributed by atoms with Gasteiger partial charge in [-0.05, 0) is 74.2 Å². The lowest BCUT2D eigenvalue weighted by Crippen LogP contribution is -2.66. The van der Waals surface area contributed by atoms with Crippen LogP contribution in [0.15, 0.2) is 35.9 Å². The molecule has 5 aliphatic rings. The second-order valence-electron chi connectivity index (χ2n) is 12.7. The molecule has 4 aliphatic carbocycles. The molecule has 6 rings (SSSR count). The molecule has 0 amide bonds. The van der Waals surface area contributed by atoms with Gasteiger partial charge in [0, 0.05) is 23.8 Å². The molecule has 4 nitrogen and oxygen atoms in total. The van der Waals surface area contributed by atoms with Crippen LogP contribution >= 0.6 is 0 Å². The van der Waals surface area contributed by atoms with Crippen molar-refractivity contribution in [3.63, 3.8) is 0 Å². The molecule has 214 valence electrons. The van der Waals surface area contributed by atoms with Crippen molar-refractivity contribution in [2.24, 2.45) is 29.1 Å². The Bertz CT molecular complexity index is 1170. The maximum atomic E-state index is 15.1. The molecule has 1 aromatic rings. The summed E-state index contributed by atoms with van der Waals surface area (Å²) in [6.07, 6.45) is -1.49. The van der Waals surface area contributed by atoms with Crippen LogP contribution < -0.4 is 0 Å². The van der Waals surface area contributed by atoms with Crippen molar-refractivity contribution < 1.29 is 41.3 Å². The van der Waals surface area contributed by atoms with Gasteiger partial charge in [0.1, 0.15) is 5.60 Å². The Labute approximate surface area is 224 Å². The quantitative estimate of drug-likeness (QED) is 0.253. The number of rotatable bonds is 3. The van der Waals surface area contributed by atoms with E-state index in [9.17, 15) is 23.1 Å². The molecule has 1 aromatic carbocycles. The van der Waals surface area contributed by atoms with Crippen LogP contribution in [0, 0.1) is 29.1 Å². The van der Waals surface area contributed by atoms with Gasteiger partial charge < -0.3 is 14.6 Å². The van der Waals surface area contributed by atoms with E-state index in [1.54, 1.807) is 12.1 Å². The summed E-state index contributed by atoms with van der Waals surface area (Å²) in [7, 11) is 0. The third-order valence-electron chi connectivity index (χ3n) is 11.0. The van der Waals surface area contributed by atoms with Crippen LogP contribution in [0.2, 0.25) is 0 Å². The third-order valence-corrected chi connectivity index (χ3v) is 11.0. The zero-order chi connectivity index (χ0) is 28.0. The highest BCUT2D eigenvalue weighted by Gasteiger charge is 2.79. The van der Waals surface area contributed by atoms with Crippen LogP contribution in [-0.4, -0.2) is 47.6 Å². The molecule has 9 heteroatoms. The number of ether oxygens (including phenoxy) is 2. The number of ketones is 1. The molecule has 4 fully saturated rings. The average Bonchev–Trinajstić information content (AvgIpc) is 3.44. The van der Waals surface area contributed by atoms with Crippen molar-refractivity contribution in [3.8, 4) is 0 Å². The van der Waals surface area contributed by atoms with Crippen LogP contribution in [0.4, 0.5) is 22.0 Å². The number of benzene rings is 1. The highest BCUT2D eigenvalue weighted by atomic mass is 19.4. The molecule has 1 heterocycles. The van der Waals surface area contributed by atoms with Crippen LogP contribution in [0.1, 0.15) is 80.6 Å². The number of carbonyl (C=O) groups excluding carboxylic acids is 1. The number of hydrogen-bond acceptors (Lipinski definition) is 4. The normalized spacial score (nSPS) is 39.6. The fourth-order valence-corrected chi connectivity index (χ4v) is 9.18. The van der Waals surface area contributed by atoms with Crippen molar-refractivity contribution >= 4 is 5.78 Å². The van der Waals surface area contributed by atoms with Crippen molar-refractivity contribution in [3.05, 3.63) is 47.0 Å². The molecule has 0 aromatic heterocycles. The summed E-state index contributed by atoms with van der Waals surface area (Å²) in [5, 5.41) is 11.4. The number of fused-ring (bicyclic) bond motifs is 5. The van der Waals surface area contributed by atoms with E-state index in [1.165, 1.54) is 19.4 Å². The topological polar surface area (TPSA) is 55.8 Å². The largest absolute Gasteiger partial charge is 0.456 e. The molecule has 2 unspecified atom stereocenters. The molecular weight excluding hydrogens is 519 g/mol. The number of Topliss-reactive ketones (excluding diaryl/α,β-unsaturated/α-hetero) is 1. The Kier molecular flexibility index (Phi) is 6.19. The molecule has 1 aliphatic heterocycles. The second kappa shape index (κ2) is 8.83. The van der Waals surface area contributed by atoms with Gasteiger partial charge >= 0.3 is 12.1 Å². The Morgan fingerprint density at radius 1 is 1.00 bits per heavy atom. The fraction of sp³-hybridized carbons (Fsp3) is 0.700. The Morgan fingerprint density at radius 2 is 1.67 bits per heavy atom. The van der Waals surface area contributed by atoms with E-state index in [2.05, 4.69) is 6.08 Å². The Balaban J connectivity index is 1.44. The minimum atomic E-state index is -5.85. The zero-order valence-electron chi connectivity index (χ0n) is 22.2. The Morgan fingerprint density at radius 3 is 2.28 bits per heavy atom. The lowest BCUT2D eigenvalue weighted by atomic mass is 9.46. The number of aliphatic hydroxyl groups is 1. The predicted octanol–water partition coefficient (Wildman–Crippen LogP) is 6.83. The van der Waals surface area contributed by atoms with Crippen LogP contribution in [0.5, 0.6) is 0 Å². The van der Waals surface area contributed by atoms with Gasteiger partial charge in [0.2, 0.25) is 0 Å². The van der Waals surface area contributed by atoms with Crippen molar-refractivity contribution in [1.82, 2.24) is 0 Å². The molecule has 0 bridgehead atoms. The first-order valence-electron chi connectivity index (χ1n) is 14.0. The van der Waals surface area contributed by atoms with Crippen LogP contribution in [0.25, 0.3) is 0 Å². The highest BCUT2D eigenvalue weighted by Crippen LogP contribution is 2.71. The predicted molar refractivity (Wildman–Crippen MR) is 132 cm³/mol. The summed E-state index contributed by atoms with van der Waals surface area (Å²) in [6, 6.07) is 7.01. The zero-order valence-corrected chi connectivity index (χ0v) is 22.2. The summed E-state index contributed by atoms with van der Waals surface area (Å²) in [5.41, 5.74) is -2.30. The fourth-order valence-electron chi connectivity index (χ4n) is 9.18. The van der Waals surface area contributed by atoms with E-state index < -0.39 is 41.2 Å². The van der Waals surface area contributed by atoms with E-state index in [-0.39, 0.29) is 42.3 Å². The lowest BCUT2D eigenvalue weighted by Gasteiger charge is -2.59. The van der Waals surface area contributed by atoms with E-state index >= 15 is 8.78 Å². The maximum Gasteiger partial charge on any atom is 0.456 e. The van der Waals surface area contributed by atoms with Gasteiger partial charge in [-0.2, -0.15) is 22.0 Å². The number of carbonyl (C=O) groups is 1. The summed E-state index contributed by atoms with van der Waals surface area (Å²) < 4.78 is 83.4. The first-order valence-corrected chi connectivity index (χ1v) is 14.0. The average molecular weight is 555 g/mol. The number of alkyl halides is 5. The standard InChI is InChI=1S/C30H35F5O4/c1-17(36)18-3-5-19(6-4-18)23-16-26(2)24(10-12-28(26,37)29(31,32)30(33,34)35)22-8-7-20-15-27(38-13-14-39-27)11-9-21(20)25(22)23/h3-7,21-25,37H,8-16H2,1-2H3/t21-,22-,23?,24-,25+,26-,28?/m0/s1. The van der Waals surface area contributed by atoms with Crippen LogP contribution in [0.3, 0.4) is 0 Å². The van der Waals surface area contributed by atoms with E-state index in [0.717, 1.165) is 12.0 Å². The van der Waals surface area contributed by atoms with E-state index in [1.807, 2.05) is 12.1 Å². The van der Waals surface area contributed by atoms with Gasteiger partial charge in [-0.1, -0.05) is 42.8 Å². The van der Waals surface area contributed by atoms with E-state index in [4.69, 9.17) is 9.47 Å². The summed E-state index contributed by atoms with van der Waals surface area (Å²) in [5.74, 6) is -6.79. The summed E-state index contributed by atoms with van der Waals surface area (Å²) >= 11 is 0. The van der Waals surface area contributed by atoms with Crippen LogP contribution in [-0.2, 0) is 9.47 Å². The second-order valence-corrected chi connectivity index (χ2v) is 12.7. The van der Waals surface area contributed by atoms with Crippen molar-refractivity contribution in [2.75, 3.05) is 13.2 Å². The molecule has 1 N–H and O–H groups in total. The van der Waals surface area contributed by atoms with Gasteiger partial charge in [-0.15, -0.1) is 0 Å². The number of allylic oxidation sites excluding steroid dienone is 1. The van der Waals surface area contributed by atoms with Gasteiger partial charge in [0.15, 0.2) is 11.6 Å². The van der Waals surface area contributed by atoms with Gasteiger partial charge in [0.25, 0.3) is 0 Å². The molecule has 0 radical (unpaired) electrons. The minimum absolute atomic E-state index is 0.0162. The smallest absolute Gasteiger partial charge is 0.383 e. The molecule has 39 heavy (non-hydrogen) atoms. The summed E-state index contributed by atoms with van der Waals surface area (Å²) in [6.45, 7) is 3.99. The third kappa shape index (κ3) is 3.82. The molecule has 1 saturated heterocycles. The maximum absolute atomic E-state index is 15.1. The molecule has 3 saturated carbocycles. The van der Waals surface area contributed by atoms with E-state index in [0.29, 0.717) is 38.0 Å². The van der Waals surface area contributed by atoms with Gasteiger partial charge in [0.05, 0.1) is 13.2 Å². The lowest BCUT2D eigenvalue weighted by molar-refractivity contribution is -0.363. The molecular formula is C30H35F5O4. The van der Waals surface area contributed by atoms with Gasteiger partial charge in [-0.3, -0.25) is 4.79 Å². The first kappa shape index (κ1) is 27.3. The highest BCUT2D eigenvalue weighted by molar-refractivity contribution is 5.94. The number of hydrogen-bond donors (Lipinski definition) is 1. The minimum Gasteiger partial charge on any atom is -0.383 e. The monoisotopic (exact) mass is 554 g/mol. The first-order chi connectivity index (χ1) is 18.2. The van der Waals surface area contributed by atoms with Gasteiger partial charge in [-0.25, -0.2) is 0 Å². The summed E-state index contributed by atoms with van der Waals surface area (Å²) in [4.78, 5) is 11.9. The SMILES string of the molecule is CC(=O)c1ccc(C2C[C@@]3(C)[C@@H](CCC3(O)C(F)(F)C(F)(F)F)[C@@H]3CC=C4CC5(CC[C@@H]4[C@@H]23)OCCO5)cc1. The number of halogens is 5. The Hall–Kier alpha value is -1.84.